The van der Waals surface area contributed by atoms with Crippen LogP contribution < -0.4 is 21.7 Å². The van der Waals surface area contributed by atoms with Gasteiger partial charge >= 0.3 is 5.69 Å². The van der Waals surface area contributed by atoms with E-state index < -0.39 is 29.5 Å². The number of hydrogen-bond donors (Lipinski definition) is 1. The van der Waals surface area contributed by atoms with Crippen molar-refractivity contribution in [2.24, 2.45) is 13.0 Å². The van der Waals surface area contributed by atoms with E-state index in [1.165, 1.54) is 23.7 Å². The minimum atomic E-state index is -0.793. The highest BCUT2D eigenvalue weighted by atomic mass is 35.5. The summed E-state index contributed by atoms with van der Waals surface area (Å²) in [7, 11) is 1.28. The number of hydrogen-bond acceptors (Lipinski definition) is 5. The first-order valence-corrected chi connectivity index (χ1v) is 8.21. The Kier molecular flexibility index (Phi) is 5.86. The summed E-state index contributed by atoms with van der Waals surface area (Å²) >= 11 is 5.65. The zero-order chi connectivity index (χ0) is 19.6. The van der Waals surface area contributed by atoms with Crippen LogP contribution in [0.2, 0.25) is 5.02 Å². The van der Waals surface area contributed by atoms with Gasteiger partial charge in [-0.25, -0.2) is 9.18 Å². The number of rotatable bonds is 6. The van der Waals surface area contributed by atoms with Gasteiger partial charge in [-0.1, -0.05) is 25.4 Å². The quantitative estimate of drug-likeness (QED) is 0.768. The molecule has 0 bridgehead atoms. The molecule has 2 aromatic rings. The van der Waals surface area contributed by atoms with Crippen LogP contribution >= 0.6 is 11.6 Å². The van der Waals surface area contributed by atoms with E-state index in [2.05, 4.69) is 0 Å². The van der Waals surface area contributed by atoms with Crippen LogP contribution in [0.1, 0.15) is 24.2 Å². The maximum atomic E-state index is 13.2. The molecule has 0 radical (unpaired) electrons. The van der Waals surface area contributed by atoms with Crippen molar-refractivity contribution in [1.82, 2.24) is 9.13 Å². The average Bonchev–Trinajstić information content (AvgIpc) is 2.58. The van der Waals surface area contributed by atoms with E-state index in [0.29, 0.717) is 0 Å². The summed E-state index contributed by atoms with van der Waals surface area (Å²) in [5, 5.41) is -0.157. The molecule has 0 aliphatic heterocycles. The highest BCUT2D eigenvalue weighted by Gasteiger charge is 2.22. The topological polar surface area (TPSA) is 96.3 Å². The third-order valence-electron chi connectivity index (χ3n) is 3.67. The van der Waals surface area contributed by atoms with E-state index in [-0.39, 0.29) is 34.6 Å². The lowest BCUT2D eigenvalue weighted by Crippen LogP contribution is -2.43. The maximum absolute atomic E-state index is 13.2. The molecule has 0 aliphatic carbocycles. The molecule has 0 saturated carbocycles. The van der Waals surface area contributed by atoms with E-state index >= 15 is 0 Å². The molecule has 26 heavy (non-hydrogen) atoms. The van der Waals surface area contributed by atoms with Crippen molar-refractivity contribution in [2.45, 2.75) is 20.4 Å². The molecule has 140 valence electrons. The smallest absolute Gasteiger partial charge is 0.332 e. The summed E-state index contributed by atoms with van der Waals surface area (Å²) in [5.74, 6) is -1.27. The largest absolute Gasteiger partial charge is 0.485 e. The Morgan fingerprint density at radius 2 is 2.00 bits per heavy atom. The fourth-order valence-electron chi connectivity index (χ4n) is 2.37. The average molecular weight is 384 g/mol. The Labute approximate surface area is 153 Å². The van der Waals surface area contributed by atoms with E-state index in [9.17, 15) is 18.8 Å². The third kappa shape index (κ3) is 3.96. The van der Waals surface area contributed by atoms with E-state index in [1.807, 2.05) is 13.8 Å². The number of ketones is 1. The summed E-state index contributed by atoms with van der Waals surface area (Å²) in [5.41, 5.74) is 4.21. The number of nitrogen functional groups attached to an aromatic ring is 1. The van der Waals surface area contributed by atoms with Gasteiger partial charge in [-0.15, -0.1) is 0 Å². The number of anilines is 1. The van der Waals surface area contributed by atoms with Gasteiger partial charge < -0.3 is 10.5 Å². The minimum Gasteiger partial charge on any atom is -0.485 e. The Morgan fingerprint density at radius 3 is 2.58 bits per heavy atom. The van der Waals surface area contributed by atoms with E-state index in [4.69, 9.17) is 22.1 Å². The monoisotopic (exact) mass is 383 g/mol. The van der Waals surface area contributed by atoms with E-state index in [1.54, 1.807) is 0 Å². The molecule has 0 fully saturated rings. The molecule has 0 aliphatic rings. The van der Waals surface area contributed by atoms with Crippen molar-refractivity contribution in [3.63, 3.8) is 0 Å². The lowest BCUT2D eigenvalue weighted by Gasteiger charge is -2.16. The molecule has 9 heteroatoms. The van der Waals surface area contributed by atoms with Crippen LogP contribution in [0.3, 0.4) is 0 Å². The molecule has 2 rings (SSSR count). The zero-order valence-electron chi connectivity index (χ0n) is 14.6. The summed E-state index contributed by atoms with van der Waals surface area (Å²) in [4.78, 5) is 37.0. The van der Waals surface area contributed by atoms with Crippen LogP contribution in [-0.2, 0) is 13.6 Å². The molecule has 0 spiro atoms. The SMILES string of the molecule is CC(C)Cn1c(N)c(C(=O)COc2ccc(F)c(Cl)c2)c(=O)n(C)c1=O. The second-order valence-electron chi connectivity index (χ2n) is 6.20. The van der Waals surface area contributed by atoms with Gasteiger partial charge in [0.15, 0.2) is 6.61 Å². The molecular weight excluding hydrogens is 365 g/mol. The molecule has 0 amide bonds. The Bertz CT molecular complexity index is 966. The number of carbonyl (C=O) groups is 1. The van der Waals surface area contributed by atoms with Gasteiger partial charge in [0.2, 0.25) is 5.78 Å². The van der Waals surface area contributed by atoms with Gasteiger partial charge in [0.1, 0.15) is 22.9 Å². The molecule has 1 heterocycles. The van der Waals surface area contributed by atoms with Crippen LogP contribution in [0, 0.1) is 11.7 Å². The highest BCUT2D eigenvalue weighted by molar-refractivity contribution is 6.30. The van der Waals surface area contributed by atoms with Gasteiger partial charge in [-0.05, 0) is 18.1 Å². The Hall–Kier alpha value is -2.61. The molecule has 0 saturated heterocycles. The van der Waals surface area contributed by atoms with Crippen LogP contribution in [0.15, 0.2) is 27.8 Å². The predicted molar refractivity (Wildman–Crippen MR) is 96.4 cm³/mol. The van der Waals surface area contributed by atoms with Gasteiger partial charge in [0, 0.05) is 19.7 Å². The first-order valence-electron chi connectivity index (χ1n) is 7.83. The molecule has 0 unspecified atom stereocenters. The van der Waals surface area contributed by atoms with Gasteiger partial charge in [0.05, 0.1) is 5.02 Å². The normalized spacial score (nSPS) is 11.0. The molecule has 7 nitrogen and oxygen atoms in total. The number of aromatic nitrogens is 2. The lowest BCUT2D eigenvalue weighted by atomic mass is 10.1. The summed E-state index contributed by atoms with van der Waals surface area (Å²) in [6.07, 6.45) is 0. The second-order valence-corrected chi connectivity index (χ2v) is 6.61. The second kappa shape index (κ2) is 7.74. The zero-order valence-corrected chi connectivity index (χ0v) is 15.3. The van der Waals surface area contributed by atoms with Crippen molar-refractivity contribution in [1.29, 1.82) is 0 Å². The number of nitrogens with two attached hydrogens (primary N) is 1. The lowest BCUT2D eigenvalue weighted by molar-refractivity contribution is 0.0919. The summed E-state index contributed by atoms with van der Waals surface area (Å²) < 4.78 is 20.4. The summed E-state index contributed by atoms with van der Waals surface area (Å²) in [6.45, 7) is 3.49. The maximum Gasteiger partial charge on any atom is 0.332 e. The van der Waals surface area contributed by atoms with Crippen LogP contribution in [0.5, 0.6) is 5.75 Å². The minimum absolute atomic E-state index is 0.0769. The number of Topliss-reactive ketones (excluding diaryl/α,β-unsaturated/α-hetero) is 1. The number of carbonyl (C=O) groups excluding carboxylic acids is 1. The van der Waals surface area contributed by atoms with Crippen molar-refractivity contribution >= 4 is 23.2 Å². The van der Waals surface area contributed by atoms with Crippen LogP contribution in [0.4, 0.5) is 10.2 Å². The van der Waals surface area contributed by atoms with Crippen molar-refractivity contribution in [2.75, 3.05) is 12.3 Å². The molecule has 0 atom stereocenters. The predicted octanol–water partition coefficient (Wildman–Crippen LogP) is 1.84. The number of benzene rings is 1. The standard InChI is InChI=1S/C17H19ClFN3O4/c1-9(2)7-22-15(20)14(16(24)21(3)17(22)25)13(23)8-26-10-4-5-12(19)11(18)6-10/h4-6,9H,7-8,20H2,1-3H3. The van der Waals surface area contributed by atoms with Crippen molar-refractivity contribution in [3.05, 3.63) is 55.4 Å². The van der Waals surface area contributed by atoms with E-state index in [0.717, 1.165) is 10.6 Å². The third-order valence-corrected chi connectivity index (χ3v) is 3.96. The highest BCUT2D eigenvalue weighted by Crippen LogP contribution is 2.21. The number of ether oxygens (including phenoxy) is 1. The fraction of sp³-hybridized carbons (Fsp3) is 0.353. The molecule has 1 aromatic heterocycles. The Balaban J connectivity index is 2.36. The van der Waals surface area contributed by atoms with Crippen molar-refractivity contribution < 1.29 is 13.9 Å². The van der Waals surface area contributed by atoms with Crippen LogP contribution in [-0.4, -0.2) is 21.5 Å². The molecular formula is C17H19ClFN3O4. The Morgan fingerprint density at radius 1 is 1.35 bits per heavy atom. The fourth-order valence-corrected chi connectivity index (χ4v) is 2.55. The first-order chi connectivity index (χ1) is 12.1. The van der Waals surface area contributed by atoms with Gasteiger partial charge in [-0.2, -0.15) is 0 Å². The first kappa shape index (κ1) is 19.7. The summed E-state index contributed by atoms with van der Waals surface area (Å²) in [6, 6.07) is 3.61. The van der Waals surface area contributed by atoms with Crippen molar-refractivity contribution in [3.8, 4) is 5.75 Å². The van der Waals surface area contributed by atoms with Gasteiger partial charge in [0.25, 0.3) is 5.56 Å². The molecule has 1 aromatic carbocycles. The number of nitrogens with zero attached hydrogens (tertiary/aromatic N) is 2. The van der Waals surface area contributed by atoms with Gasteiger partial charge in [-0.3, -0.25) is 18.7 Å². The number of halogens is 2. The molecule has 2 N–H and O–H groups in total. The van der Waals surface area contributed by atoms with Crippen LogP contribution in [0.25, 0.3) is 0 Å².